The quantitative estimate of drug-likeness (QED) is 0.908. The van der Waals surface area contributed by atoms with Crippen molar-refractivity contribution in [2.75, 3.05) is 27.2 Å². The monoisotopic (exact) mass is 302 g/mol. The minimum Gasteiger partial charge on any atom is -0.494 e. The molecule has 5 nitrogen and oxygen atoms in total. The topological polar surface area (TPSA) is 58.6 Å². The van der Waals surface area contributed by atoms with Crippen molar-refractivity contribution >= 4 is 10.0 Å². The molecular formula is C13H19FN2O3S. The summed E-state index contributed by atoms with van der Waals surface area (Å²) in [6.07, 6.45) is 1.74. The van der Waals surface area contributed by atoms with E-state index in [0.717, 1.165) is 18.9 Å². The average molecular weight is 302 g/mol. The second kappa shape index (κ2) is 6.07. The number of likely N-dealkylation sites (N-methyl/N-ethyl adjacent to an activating group) is 1. The molecule has 1 aromatic carbocycles. The molecule has 1 saturated heterocycles. The van der Waals surface area contributed by atoms with Crippen molar-refractivity contribution in [3.05, 3.63) is 24.0 Å². The van der Waals surface area contributed by atoms with Crippen LogP contribution < -0.4 is 10.1 Å². The van der Waals surface area contributed by atoms with Crippen molar-refractivity contribution in [1.29, 1.82) is 0 Å². The van der Waals surface area contributed by atoms with E-state index in [0.29, 0.717) is 13.1 Å². The van der Waals surface area contributed by atoms with Gasteiger partial charge in [0.2, 0.25) is 10.0 Å². The summed E-state index contributed by atoms with van der Waals surface area (Å²) in [6.45, 7) is 0.876. The van der Waals surface area contributed by atoms with Crippen molar-refractivity contribution in [3.63, 3.8) is 0 Å². The van der Waals surface area contributed by atoms with Crippen LogP contribution in [0, 0.1) is 5.82 Å². The number of benzene rings is 1. The molecule has 0 aliphatic carbocycles. The molecule has 2 rings (SSSR count). The minimum atomic E-state index is -3.65. The van der Waals surface area contributed by atoms with Crippen molar-refractivity contribution in [3.8, 4) is 5.75 Å². The molecule has 1 fully saturated rings. The number of methoxy groups -OCH3 is 1. The Morgan fingerprint density at radius 2 is 2.20 bits per heavy atom. The number of piperidine rings is 1. The Morgan fingerprint density at radius 3 is 2.80 bits per heavy atom. The predicted molar refractivity (Wildman–Crippen MR) is 73.8 cm³/mol. The van der Waals surface area contributed by atoms with Crippen molar-refractivity contribution in [1.82, 2.24) is 9.62 Å². The molecule has 20 heavy (non-hydrogen) atoms. The van der Waals surface area contributed by atoms with Gasteiger partial charge in [0.1, 0.15) is 0 Å². The molecule has 0 unspecified atom stereocenters. The fourth-order valence-corrected chi connectivity index (χ4v) is 3.89. The van der Waals surface area contributed by atoms with Gasteiger partial charge in [0, 0.05) is 19.1 Å². The third-order valence-corrected chi connectivity index (χ3v) is 5.41. The average Bonchev–Trinajstić information content (AvgIpc) is 2.47. The first-order valence-electron chi connectivity index (χ1n) is 6.50. The fourth-order valence-electron chi connectivity index (χ4n) is 2.35. The standard InChI is InChI=1S/C13H19FN2O3S/c1-15-10-4-3-7-16(9-10)20(17,18)11-5-6-13(19-2)12(14)8-11/h5-6,8,10,15H,3-4,7,9H2,1-2H3/t10-/m1/s1. The summed E-state index contributed by atoms with van der Waals surface area (Å²) < 4.78 is 44.9. The van der Waals surface area contributed by atoms with Crippen LogP contribution in [0.4, 0.5) is 4.39 Å². The van der Waals surface area contributed by atoms with Gasteiger partial charge in [0.05, 0.1) is 12.0 Å². The predicted octanol–water partition coefficient (Wildman–Crippen LogP) is 1.21. The molecular weight excluding hydrogens is 283 g/mol. The van der Waals surface area contributed by atoms with E-state index in [1.807, 2.05) is 7.05 Å². The van der Waals surface area contributed by atoms with Gasteiger partial charge in [-0.2, -0.15) is 4.31 Å². The van der Waals surface area contributed by atoms with Crippen molar-refractivity contribution in [2.24, 2.45) is 0 Å². The summed E-state index contributed by atoms with van der Waals surface area (Å²) in [4.78, 5) is -0.0347. The normalized spacial score (nSPS) is 20.9. The van der Waals surface area contributed by atoms with E-state index in [4.69, 9.17) is 4.74 Å². The second-order valence-electron chi connectivity index (χ2n) is 4.79. The largest absolute Gasteiger partial charge is 0.494 e. The van der Waals surface area contributed by atoms with E-state index in [1.165, 1.54) is 23.5 Å². The lowest BCUT2D eigenvalue weighted by atomic mass is 10.1. The van der Waals surface area contributed by atoms with E-state index < -0.39 is 15.8 Å². The zero-order chi connectivity index (χ0) is 14.8. The molecule has 0 radical (unpaired) electrons. The molecule has 0 bridgehead atoms. The summed E-state index contributed by atoms with van der Waals surface area (Å²) in [5.74, 6) is -0.633. The van der Waals surface area contributed by atoms with Gasteiger partial charge < -0.3 is 10.1 Å². The molecule has 0 aromatic heterocycles. The summed E-state index contributed by atoms with van der Waals surface area (Å²) in [5.41, 5.74) is 0. The SMILES string of the molecule is CN[C@@H]1CCCN(S(=O)(=O)c2ccc(OC)c(F)c2)C1. The van der Waals surface area contributed by atoms with Crippen LogP contribution in [-0.2, 0) is 10.0 Å². The fraction of sp³-hybridized carbons (Fsp3) is 0.538. The Bertz CT molecular complexity index is 577. The lowest BCUT2D eigenvalue weighted by Gasteiger charge is -2.31. The highest BCUT2D eigenvalue weighted by Gasteiger charge is 2.30. The first kappa shape index (κ1) is 15.2. The summed E-state index contributed by atoms with van der Waals surface area (Å²) in [7, 11) is -0.499. The summed E-state index contributed by atoms with van der Waals surface area (Å²) >= 11 is 0. The molecule has 1 aliphatic heterocycles. The van der Waals surface area contributed by atoms with Crippen LogP contribution in [0.3, 0.4) is 0 Å². The van der Waals surface area contributed by atoms with Gasteiger partial charge in [-0.15, -0.1) is 0 Å². The molecule has 1 atom stereocenters. The van der Waals surface area contributed by atoms with E-state index in [9.17, 15) is 12.8 Å². The summed E-state index contributed by atoms with van der Waals surface area (Å²) in [5, 5.41) is 3.09. The molecule has 1 aliphatic rings. The van der Waals surface area contributed by atoms with E-state index in [1.54, 1.807) is 0 Å². The molecule has 7 heteroatoms. The minimum absolute atomic E-state index is 0.0347. The Labute approximate surface area is 118 Å². The van der Waals surface area contributed by atoms with Gasteiger partial charge in [-0.25, -0.2) is 12.8 Å². The Hall–Kier alpha value is -1.18. The molecule has 0 spiro atoms. The van der Waals surface area contributed by atoms with Crippen LogP contribution in [0.5, 0.6) is 5.75 Å². The zero-order valence-electron chi connectivity index (χ0n) is 11.6. The second-order valence-corrected chi connectivity index (χ2v) is 6.73. The lowest BCUT2D eigenvalue weighted by Crippen LogP contribution is -2.46. The smallest absolute Gasteiger partial charge is 0.243 e. The zero-order valence-corrected chi connectivity index (χ0v) is 12.4. The highest BCUT2D eigenvalue weighted by Crippen LogP contribution is 2.25. The van der Waals surface area contributed by atoms with Crippen molar-refractivity contribution < 1.29 is 17.5 Å². The van der Waals surface area contributed by atoms with Gasteiger partial charge in [0.25, 0.3) is 0 Å². The van der Waals surface area contributed by atoms with Crippen molar-refractivity contribution in [2.45, 2.75) is 23.8 Å². The highest BCUT2D eigenvalue weighted by molar-refractivity contribution is 7.89. The number of halogens is 1. The molecule has 0 amide bonds. The number of nitrogens with one attached hydrogen (secondary N) is 1. The Balaban J connectivity index is 2.28. The van der Waals surface area contributed by atoms with Crippen LogP contribution >= 0.6 is 0 Å². The number of hydrogen-bond donors (Lipinski definition) is 1. The van der Waals surface area contributed by atoms with E-state index >= 15 is 0 Å². The van der Waals surface area contributed by atoms with Gasteiger partial charge in [-0.05, 0) is 38.1 Å². The Kier molecular flexibility index (Phi) is 4.62. The Morgan fingerprint density at radius 1 is 1.45 bits per heavy atom. The van der Waals surface area contributed by atoms with Gasteiger partial charge >= 0.3 is 0 Å². The third-order valence-electron chi connectivity index (χ3n) is 3.55. The van der Waals surface area contributed by atoms with Gasteiger partial charge in [0.15, 0.2) is 11.6 Å². The maximum atomic E-state index is 13.7. The van der Waals surface area contributed by atoms with Gasteiger partial charge in [-0.1, -0.05) is 0 Å². The molecule has 1 aromatic rings. The van der Waals surface area contributed by atoms with Crippen LogP contribution in [0.15, 0.2) is 23.1 Å². The number of hydrogen-bond acceptors (Lipinski definition) is 4. The highest BCUT2D eigenvalue weighted by atomic mass is 32.2. The molecule has 112 valence electrons. The van der Waals surface area contributed by atoms with E-state index in [2.05, 4.69) is 5.32 Å². The van der Waals surface area contributed by atoms with Crippen LogP contribution in [-0.4, -0.2) is 46.0 Å². The van der Waals surface area contributed by atoms with Crippen LogP contribution in [0.2, 0.25) is 0 Å². The molecule has 0 saturated carbocycles. The number of rotatable bonds is 4. The lowest BCUT2D eigenvalue weighted by molar-refractivity contribution is 0.292. The molecule has 1 N–H and O–H groups in total. The number of nitrogens with zero attached hydrogens (tertiary/aromatic N) is 1. The third kappa shape index (κ3) is 2.94. The van der Waals surface area contributed by atoms with Gasteiger partial charge in [-0.3, -0.25) is 0 Å². The van der Waals surface area contributed by atoms with E-state index in [-0.39, 0.29) is 16.7 Å². The summed E-state index contributed by atoms with van der Waals surface area (Å²) in [6, 6.07) is 3.86. The maximum absolute atomic E-state index is 13.7. The molecule has 1 heterocycles. The maximum Gasteiger partial charge on any atom is 0.243 e. The number of ether oxygens (including phenoxy) is 1. The first-order chi connectivity index (χ1) is 9.48. The number of sulfonamides is 1. The first-order valence-corrected chi connectivity index (χ1v) is 7.94. The van der Waals surface area contributed by atoms with Crippen LogP contribution in [0.1, 0.15) is 12.8 Å². The van der Waals surface area contributed by atoms with Crippen LogP contribution in [0.25, 0.3) is 0 Å².